The number of ether oxygens (including phenoxy) is 1. The van der Waals surface area contributed by atoms with E-state index in [4.69, 9.17) is 4.74 Å². The van der Waals surface area contributed by atoms with Gasteiger partial charge >= 0.3 is 0 Å². The van der Waals surface area contributed by atoms with E-state index in [9.17, 15) is 4.39 Å². The Kier molecular flexibility index (Phi) is 6.66. The molecule has 118 valence electrons. The molecule has 0 radical (unpaired) electrons. The maximum Gasteiger partial charge on any atom is 0.224 e. The van der Waals surface area contributed by atoms with E-state index in [1.54, 1.807) is 0 Å². The van der Waals surface area contributed by atoms with Crippen LogP contribution in [0.15, 0.2) is 6.20 Å². The van der Waals surface area contributed by atoms with Crippen molar-refractivity contribution in [2.75, 3.05) is 30.3 Å². The van der Waals surface area contributed by atoms with Gasteiger partial charge in [-0.05, 0) is 19.3 Å². The van der Waals surface area contributed by atoms with Crippen molar-refractivity contribution < 1.29 is 9.13 Å². The topological polar surface area (TPSA) is 59.1 Å². The quantitative estimate of drug-likeness (QED) is 0.721. The Bertz CT molecular complexity index is 424. The normalized spacial score (nSPS) is 15.9. The van der Waals surface area contributed by atoms with Crippen LogP contribution in [0.3, 0.4) is 0 Å². The zero-order valence-electron chi connectivity index (χ0n) is 12.7. The first-order chi connectivity index (χ1) is 10.3. The summed E-state index contributed by atoms with van der Waals surface area (Å²) < 4.78 is 19.4. The van der Waals surface area contributed by atoms with Crippen LogP contribution in [-0.2, 0) is 4.74 Å². The number of nitrogens with zero attached hydrogens (tertiary/aromatic N) is 2. The molecule has 0 aliphatic heterocycles. The smallest absolute Gasteiger partial charge is 0.224 e. The second-order valence-corrected chi connectivity index (χ2v) is 5.37. The van der Waals surface area contributed by atoms with Crippen LogP contribution in [0.4, 0.5) is 16.2 Å². The molecule has 1 aliphatic carbocycles. The molecule has 0 amide bonds. The number of aromatic nitrogens is 2. The third-order valence-corrected chi connectivity index (χ3v) is 3.58. The van der Waals surface area contributed by atoms with Crippen molar-refractivity contribution in [2.45, 2.75) is 51.6 Å². The van der Waals surface area contributed by atoms with E-state index in [1.165, 1.54) is 25.5 Å². The van der Waals surface area contributed by atoms with E-state index >= 15 is 0 Å². The molecule has 1 saturated carbocycles. The monoisotopic (exact) mass is 296 g/mol. The second-order valence-electron chi connectivity index (χ2n) is 5.37. The predicted molar refractivity (Wildman–Crippen MR) is 82.1 cm³/mol. The van der Waals surface area contributed by atoms with Gasteiger partial charge in [-0.3, -0.25) is 0 Å². The van der Waals surface area contributed by atoms with Gasteiger partial charge in [0, 0.05) is 13.1 Å². The Morgan fingerprint density at radius 2 is 2.05 bits per heavy atom. The molecule has 21 heavy (non-hydrogen) atoms. The molecule has 0 unspecified atom stereocenters. The van der Waals surface area contributed by atoms with Gasteiger partial charge in [-0.1, -0.05) is 26.2 Å². The number of hydrogen-bond acceptors (Lipinski definition) is 5. The van der Waals surface area contributed by atoms with E-state index in [1.807, 2.05) is 0 Å². The standard InChI is InChI=1S/C15H25FN4O/c1-2-8-18-15-19-11-13(16)14(20-15)17-9-10-21-12-6-4-3-5-7-12/h11-12H,2-10H2,1H3,(H2,17,18,19,20). The maximum atomic E-state index is 13.6. The van der Waals surface area contributed by atoms with Crippen LogP contribution in [0.2, 0.25) is 0 Å². The van der Waals surface area contributed by atoms with Crippen molar-refractivity contribution >= 4 is 11.8 Å². The Labute approximate surface area is 125 Å². The molecule has 6 heteroatoms. The van der Waals surface area contributed by atoms with Crippen molar-refractivity contribution in [1.82, 2.24) is 9.97 Å². The molecule has 0 spiro atoms. The van der Waals surface area contributed by atoms with E-state index < -0.39 is 5.82 Å². The molecule has 0 atom stereocenters. The lowest BCUT2D eigenvalue weighted by Gasteiger charge is -2.22. The lowest BCUT2D eigenvalue weighted by molar-refractivity contribution is 0.0347. The lowest BCUT2D eigenvalue weighted by atomic mass is 9.98. The summed E-state index contributed by atoms with van der Waals surface area (Å²) in [6, 6.07) is 0. The highest BCUT2D eigenvalue weighted by Crippen LogP contribution is 2.20. The molecule has 0 aromatic carbocycles. The third-order valence-electron chi connectivity index (χ3n) is 3.58. The van der Waals surface area contributed by atoms with Crippen molar-refractivity contribution in [3.63, 3.8) is 0 Å². The van der Waals surface area contributed by atoms with Crippen LogP contribution < -0.4 is 10.6 Å². The SMILES string of the molecule is CCCNc1ncc(F)c(NCCOC2CCCCC2)n1. The molecule has 5 nitrogen and oxygen atoms in total. The van der Waals surface area contributed by atoms with Gasteiger partial charge in [0.2, 0.25) is 5.95 Å². The summed E-state index contributed by atoms with van der Waals surface area (Å²) in [5.41, 5.74) is 0. The van der Waals surface area contributed by atoms with E-state index in [0.717, 1.165) is 25.8 Å². The summed E-state index contributed by atoms with van der Waals surface area (Å²) in [5, 5.41) is 6.02. The highest BCUT2D eigenvalue weighted by molar-refractivity contribution is 5.40. The number of nitrogens with one attached hydrogen (secondary N) is 2. The zero-order chi connectivity index (χ0) is 14.9. The molecule has 1 aromatic heterocycles. The fourth-order valence-corrected chi connectivity index (χ4v) is 2.44. The second kappa shape index (κ2) is 8.77. The molecule has 1 fully saturated rings. The van der Waals surface area contributed by atoms with Gasteiger partial charge in [-0.25, -0.2) is 9.37 Å². The van der Waals surface area contributed by atoms with Gasteiger partial charge in [0.25, 0.3) is 0 Å². The first-order valence-electron chi connectivity index (χ1n) is 7.91. The number of rotatable bonds is 8. The molecule has 2 rings (SSSR count). The van der Waals surface area contributed by atoms with Crippen molar-refractivity contribution in [3.8, 4) is 0 Å². The molecule has 2 N–H and O–H groups in total. The van der Waals surface area contributed by atoms with Crippen molar-refractivity contribution in [3.05, 3.63) is 12.0 Å². The fraction of sp³-hybridized carbons (Fsp3) is 0.733. The van der Waals surface area contributed by atoms with Crippen molar-refractivity contribution in [1.29, 1.82) is 0 Å². The lowest BCUT2D eigenvalue weighted by Crippen LogP contribution is -2.21. The summed E-state index contributed by atoms with van der Waals surface area (Å²) in [5.74, 6) is 0.250. The highest BCUT2D eigenvalue weighted by atomic mass is 19.1. The van der Waals surface area contributed by atoms with Crippen LogP contribution in [0.1, 0.15) is 45.4 Å². The Balaban J connectivity index is 1.73. The fourth-order valence-electron chi connectivity index (χ4n) is 2.44. The molecular weight excluding hydrogens is 271 g/mol. The summed E-state index contributed by atoms with van der Waals surface area (Å²) >= 11 is 0. The van der Waals surface area contributed by atoms with Crippen LogP contribution in [0.25, 0.3) is 0 Å². The van der Waals surface area contributed by atoms with E-state index in [-0.39, 0.29) is 5.82 Å². The number of hydrogen-bond donors (Lipinski definition) is 2. The van der Waals surface area contributed by atoms with Gasteiger partial charge < -0.3 is 15.4 Å². The molecule has 0 saturated heterocycles. The Morgan fingerprint density at radius 1 is 1.24 bits per heavy atom. The summed E-state index contributed by atoms with van der Waals surface area (Å²) in [4.78, 5) is 8.04. The highest BCUT2D eigenvalue weighted by Gasteiger charge is 2.13. The van der Waals surface area contributed by atoms with Gasteiger partial charge in [0.15, 0.2) is 11.6 Å². The largest absolute Gasteiger partial charge is 0.376 e. The van der Waals surface area contributed by atoms with Gasteiger partial charge in [0.05, 0.1) is 18.9 Å². The molecule has 0 bridgehead atoms. The number of anilines is 2. The van der Waals surface area contributed by atoms with E-state index in [0.29, 0.717) is 25.2 Å². The van der Waals surface area contributed by atoms with E-state index in [2.05, 4.69) is 27.5 Å². The Hall–Kier alpha value is -1.43. The van der Waals surface area contributed by atoms with Crippen LogP contribution >= 0.6 is 0 Å². The minimum absolute atomic E-state index is 0.232. The number of halogens is 1. The van der Waals surface area contributed by atoms with Crippen LogP contribution in [0, 0.1) is 5.82 Å². The van der Waals surface area contributed by atoms with Crippen LogP contribution in [0.5, 0.6) is 0 Å². The summed E-state index contributed by atoms with van der Waals surface area (Å²) in [7, 11) is 0. The molecule has 1 aromatic rings. The molecule has 1 heterocycles. The average molecular weight is 296 g/mol. The Morgan fingerprint density at radius 3 is 2.81 bits per heavy atom. The van der Waals surface area contributed by atoms with Gasteiger partial charge in [0.1, 0.15) is 0 Å². The predicted octanol–water partition coefficient (Wildman–Crippen LogP) is 3.20. The average Bonchev–Trinajstić information content (AvgIpc) is 2.53. The molecular formula is C15H25FN4O. The summed E-state index contributed by atoms with van der Waals surface area (Å²) in [6.45, 7) is 3.96. The minimum atomic E-state index is -0.435. The summed E-state index contributed by atoms with van der Waals surface area (Å²) in [6.07, 6.45) is 8.65. The third kappa shape index (κ3) is 5.46. The molecule has 1 aliphatic rings. The maximum absolute atomic E-state index is 13.6. The van der Waals surface area contributed by atoms with Crippen molar-refractivity contribution in [2.24, 2.45) is 0 Å². The first kappa shape index (κ1) is 15.9. The van der Waals surface area contributed by atoms with Gasteiger partial charge in [-0.2, -0.15) is 4.98 Å². The van der Waals surface area contributed by atoms with Crippen LogP contribution in [-0.4, -0.2) is 35.8 Å². The van der Waals surface area contributed by atoms with Gasteiger partial charge in [-0.15, -0.1) is 0 Å². The minimum Gasteiger partial charge on any atom is -0.376 e. The first-order valence-corrected chi connectivity index (χ1v) is 7.91. The zero-order valence-corrected chi connectivity index (χ0v) is 12.7.